The Morgan fingerprint density at radius 2 is 2.24 bits per heavy atom. The molecule has 0 saturated heterocycles. The number of hydrogen-bond acceptors (Lipinski definition) is 4. The van der Waals surface area contributed by atoms with Crippen LogP contribution < -0.4 is 5.32 Å². The van der Waals surface area contributed by atoms with E-state index in [4.69, 9.17) is 11.6 Å². The minimum atomic E-state index is 0.614. The maximum atomic E-state index is 6.09. The summed E-state index contributed by atoms with van der Waals surface area (Å²) in [5, 5.41) is 8.19. The molecule has 0 atom stereocenters. The van der Waals surface area contributed by atoms with Crippen LogP contribution in [0.1, 0.15) is 12.7 Å². The molecule has 3 rings (SSSR count). The zero-order chi connectivity index (χ0) is 14.7. The van der Waals surface area contributed by atoms with E-state index in [2.05, 4.69) is 31.9 Å². The van der Waals surface area contributed by atoms with Gasteiger partial charge in [-0.1, -0.05) is 11.6 Å². The van der Waals surface area contributed by atoms with Crippen molar-refractivity contribution >= 4 is 17.3 Å². The highest BCUT2D eigenvalue weighted by molar-refractivity contribution is 6.31. The first-order valence-electron chi connectivity index (χ1n) is 6.66. The van der Waals surface area contributed by atoms with E-state index in [1.54, 1.807) is 17.2 Å². The number of halogens is 1. The first kappa shape index (κ1) is 13.6. The molecule has 7 heteroatoms. The van der Waals surface area contributed by atoms with E-state index in [9.17, 15) is 0 Å². The Bertz CT molecular complexity index is 719. The maximum Gasteiger partial charge on any atom is 0.138 e. The Kier molecular flexibility index (Phi) is 3.87. The fourth-order valence-corrected chi connectivity index (χ4v) is 2.32. The second-order valence-corrected chi connectivity index (χ2v) is 4.92. The van der Waals surface area contributed by atoms with Gasteiger partial charge in [-0.25, -0.2) is 14.6 Å². The van der Waals surface area contributed by atoms with Crippen LogP contribution in [0.3, 0.4) is 0 Å². The predicted octanol–water partition coefficient (Wildman–Crippen LogP) is 2.75. The van der Waals surface area contributed by atoms with Crippen molar-refractivity contribution in [2.75, 3.05) is 5.32 Å². The van der Waals surface area contributed by atoms with Crippen LogP contribution in [0.2, 0.25) is 5.02 Å². The summed E-state index contributed by atoms with van der Waals surface area (Å²) in [6, 6.07) is 5.61. The number of imidazole rings is 1. The molecule has 0 radical (unpaired) electrons. The molecule has 108 valence electrons. The highest BCUT2D eigenvalue weighted by atomic mass is 35.5. The van der Waals surface area contributed by atoms with Gasteiger partial charge < -0.3 is 9.88 Å². The van der Waals surface area contributed by atoms with Crippen molar-refractivity contribution in [2.45, 2.75) is 20.0 Å². The van der Waals surface area contributed by atoms with Crippen molar-refractivity contribution in [3.05, 3.63) is 54.1 Å². The van der Waals surface area contributed by atoms with E-state index in [1.807, 2.05) is 24.4 Å². The minimum Gasteiger partial charge on any atom is -0.376 e. The molecule has 1 aromatic carbocycles. The van der Waals surface area contributed by atoms with Gasteiger partial charge in [0.1, 0.15) is 18.5 Å². The fraction of sp³-hybridized carbons (Fsp3) is 0.214. The Morgan fingerprint density at radius 3 is 3.00 bits per heavy atom. The second kappa shape index (κ2) is 5.97. The summed E-state index contributed by atoms with van der Waals surface area (Å²) in [7, 11) is 0. The van der Waals surface area contributed by atoms with Gasteiger partial charge in [0, 0.05) is 24.0 Å². The van der Waals surface area contributed by atoms with Crippen LogP contribution in [0.4, 0.5) is 5.69 Å². The summed E-state index contributed by atoms with van der Waals surface area (Å²) in [5.41, 5.74) is 1.78. The van der Waals surface area contributed by atoms with Crippen LogP contribution in [0.15, 0.2) is 43.2 Å². The normalized spacial score (nSPS) is 10.8. The highest BCUT2D eigenvalue weighted by Gasteiger charge is 2.08. The molecule has 21 heavy (non-hydrogen) atoms. The molecule has 0 unspecified atom stereocenters. The van der Waals surface area contributed by atoms with Crippen molar-refractivity contribution in [3.8, 4) is 5.69 Å². The lowest BCUT2D eigenvalue weighted by Crippen LogP contribution is -2.09. The third-order valence-corrected chi connectivity index (χ3v) is 3.44. The van der Waals surface area contributed by atoms with E-state index in [-0.39, 0.29) is 0 Å². The van der Waals surface area contributed by atoms with Gasteiger partial charge in [-0.15, -0.1) is 0 Å². The lowest BCUT2D eigenvalue weighted by molar-refractivity contribution is 0.707. The molecule has 2 aromatic heterocycles. The smallest absolute Gasteiger partial charge is 0.138 e. The number of rotatable bonds is 5. The summed E-state index contributed by atoms with van der Waals surface area (Å²) >= 11 is 6.09. The monoisotopic (exact) mass is 302 g/mol. The van der Waals surface area contributed by atoms with E-state index < -0.39 is 0 Å². The molecule has 1 N–H and O–H groups in total. The number of anilines is 1. The molecular formula is C14H15ClN6. The average Bonchev–Trinajstić information content (AvgIpc) is 3.16. The Morgan fingerprint density at radius 1 is 1.33 bits per heavy atom. The van der Waals surface area contributed by atoms with Crippen LogP contribution in [0, 0.1) is 0 Å². The molecule has 3 aromatic rings. The summed E-state index contributed by atoms with van der Waals surface area (Å²) < 4.78 is 3.79. The molecular weight excluding hydrogens is 288 g/mol. The quantitative estimate of drug-likeness (QED) is 0.787. The highest BCUT2D eigenvalue weighted by Crippen LogP contribution is 2.24. The molecule has 0 bridgehead atoms. The van der Waals surface area contributed by atoms with Crippen molar-refractivity contribution in [1.82, 2.24) is 24.3 Å². The van der Waals surface area contributed by atoms with E-state index in [0.29, 0.717) is 11.6 Å². The molecule has 2 heterocycles. The third kappa shape index (κ3) is 2.90. The second-order valence-electron chi connectivity index (χ2n) is 4.48. The van der Waals surface area contributed by atoms with Crippen LogP contribution in [-0.4, -0.2) is 24.3 Å². The first-order chi connectivity index (χ1) is 10.3. The van der Waals surface area contributed by atoms with Gasteiger partial charge in [0.2, 0.25) is 0 Å². The van der Waals surface area contributed by atoms with Gasteiger partial charge in [0.05, 0.1) is 17.9 Å². The Hall–Kier alpha value is -2.34. The molecule has 0 saturated carbocycles. The average molecular weight is 303 g/mol. The Labute approximate surface area is 127 Å². The van der Waals surface area contributed by atoms with Crippen LogP contribution in [0.5, 0.6) is 0 Å². The van der Waals surface area contributed by atoms with E-state index in [0.717, 1.165) is 23.7 Å². The number of aromatic nitrogens is 5. The lowest BCUT2D eigenvalue weighted by atomic mass is 10.2. The zero-order valence-electron chi connectivity index (χ0n) is 11.6. The maximum absolute atomic E-state index is 6.09. The van der Waals surface area contributed by atoms with Crippen molar-refractivity contribution in [3.63, 3.8) is 0 Å². The van der Waals surface area contributed by atoms with Gasteiger partial charge in [0.15, 0.2) is 0 Å². The predicted molar refractivity (Wildman–Crippen MR) is 81.6 cm³/mol. The number of hydrogen-bond donors (Lipinski definition) is 1. The molecule has 0 aliphatic heterocycles. The van der Waals surface area contributed by atoms with Gasteiger partial charge in [-0.3, -0.25) is 0 Å². The number of nitrogens with one attached hydrogen (secondary N) is 1. The van der Waals surface area contributed by atoms with Crippen molar-refractivity contribution in [2.24, 2.45) is 0 Å². The third-order valence-electron chi connectivity index (χ3n) is 3.20. The first-order valence-corrected chi connectivity index (χ1v) is 7.04. The summed E-state index contributed by atoms with van der Waals surface area (Å²) in [6.07, 6.45) is 6.92. The minimum absolute atomic E-state index is 0.614. The van der Waals surface area contributed by atoms with Crippen LogP contribution >= 0.6 is 11.6 Å². The molecule has 6 nitrogen and oxygen atoms in total. The standard InChI is InChI=1S/C14H15ClN6/c1-2-20-6-5-17-14(20)8-18-12-7-11(15)3-4-13(12)21-10-16-9-19-21/h3-7,9-10,18H,2,8H2,1H3. The van der Waals surface area contributed by atoms with Crippen LogP contribution in [-0.2, 0) is 13.1 Å². The van der Waals surface area contributed by atoms with E-state index >= 15 is 0 Å². The van der Waals surface area contributed by atoms with Crippen LogP contribution in [0.25, 0.3) is 5.69 Å². The van der Waals surface area contributed by atoms with E-state index in [1.165, 1.54) is 6.33 Å². The fourth-order valence-electron chi connectivity index (χ4n) is 2.15. The molecule has 0 amide bonds. The van der Waals surface area contributed by atoms with Crippen molar-refractivity contribution < 1.29 is 0 Å². The Balaban J connectivity index is 1.86. The topological polar surface area (TPSA) is 60.6 Å². The molecule has 0 aliphatic carbocycles. The largest absolute Gasteiger partial charge is 0.376 e. The van der Waals surface area contributed by atoms with Gasteiger partial charge >= 0.3 is 0 Å². The van der Waals surface area contributed by atoms with Crippen molar-refractivity contribution in [1.29, 1.82) is 0 Å². The zero-order valence-corrected chi connectivity index (χ0v) is 12.3. The summed E-state index contributed by atoms with van der Waals surface area (Å²) in [5.74, 6) is 0.974. The number of benzene rings is 1. The summed E-state index contributed by atoms with van der Waals surface area (Å²) in [4.78, 5) is 8.32. The van der Waals surface area contributed by atoms with Gasteiger partial charge in [-0.2, -0.15) is 5.10 Å². The van der Waals surface area contributed by atoms with Gasteiger partial charge in [-0.05, 0) is 25.1 Å². The number of aryl methyl sites for hydroxylation is 1. The van der Waals surface area contributed by atoms with Gasteiger partial charge in [0.25, 0.3) is 0 Å². The number of nitrogens with zero attached hydrogens (tertiary/aromatic N) is 5. The molecule has 0 aliphatic rings. The lowest BCUT2D eigenvalue weighted by Gasteiger charge is -2.12. The molecule has 0 fully saturated rings. The SMILES string of the molecule is CCn1ccnc1CNc1cc(Cl)ccc1-n1cncn1. The molecule has 0 spiro atoms. The summed E-state index contributed by atoms with van der Waals surface area (Å²) in [6.45, 7) is 3.59.